The molecule has 76 valence electrons. The second-order valence-electron chi connectivity index (χ2n) is 2.48. The maximum Gasteiger partial charge on any atom is 0.339 e. The lowest BCUT2D eigenvalue weighted by Gasteiger charge is -2.07. The van der Waals surface area contributed by atoms with Crippen molar-refractivity contribution >= 4 is 27.6 Å². The van der Waals surface area contributed by atoms with Gasteiger partial charge in [0.15, 0.2) is 11.6 Å². The van der Waals surface area contributed by atoms with Crippen LogP contribution in [0.15, 0.2) is 10.5 Å². The first-order valence-corrected chi connectivity index (χ1v) is 4.33. The van der Waals surface area contributed by atoms with Crippen molar-refractivity contribution in [1.29, 1.82) is 0 Å². The predicted octanol–water partition coefficient (Wildman–Crippen LogP) is 1.66. The number of nitrogens with two attached hydrogens (primary N) is 1. The number of anilines is 1. The summed E-state index contributed by atoms with van der Waals surface area (Å²) in [4.78, 5) is 11.1. The molecule has 0 radical (unpaired) electrons. The Morgan fingerprint density at radius 3 is 2.79 bits per heavy atom. The lowest BCUT2D eigenvalue weighted by atomic mass is 10.2. The second kappa shape index (κ2) is 3.83. The number of carbonyl (C=O) groups is 1. The van der Waals surface area contributed by atoms with E-state index in [2.05, 4.69) is 20.7 Å². The number of halogens is 2. The van der Waals surface area contributed by atoms with Gasteiger partial charge in [-0.2, -0.15) is 0 Å². The fourth-order valence-corrected chi connectivity index (χ4v) is 1.36. The number of rotatable bonds is 1. The Hall–Kier alpha value is -1.30. The van der Waals surface area contributed by atoms with E-state index in [0.717, 1.165) is 13.2 Å². The number of ether oxygens (including phenoxy) is 1. The first kappa shape index (κ1) is 10.8. The van der Waals surface area contributed by atoms with E-state index in [9.17, 15) is 9.18 Å². The minimum absolute atomic E-state index is 0.0692. The normalized spacial score (nSPS) is 9.93. The van der Waals surface area contributed by atoms with E-state index >= 15 is 0 Å². The predicted molar refractivity (Wildman–Crippen MR) is 51.5 cm³/mol. The molecule has 0 fully saturated rings. The molecule has 0 bridgehead atoms. The summed E-state index contributed by atoms with van der Waals surface area (Å²) in [5, 5.41) is 9.08. The fourth-order valence-electron chi connectivity index (χ4n) is 0.895. The molecule has 0 heterocycles. The van der Waals surface area contributed by atoms with Crippen LogP contribution in [0.2, 0.25) is 0 Å². The van der Waals surface area contributed by atoms with Gasteiger partial charge in [0.05, 0.1) is 22.8 Å². The van der Waals surface area contributed by atoms with Crippen LogP contribution in [0.1, 0.15) is 10.4 Å². The molecule has 3 N–H and O–H groups in total. The van der Waals surface area contributed by atoms with Gasteiger partial charge < -0.3 is 15.6 Å². The maximum absolute atomic E-state index is 13.2. The third-order valence-corrected chi connectivity index (χ3v) is 2.39. The molecule has 0 unspecified atom stereocenters. The molecule has 0 spiro atoms. The van der Waals surface area contributed by atoms with Crippen molar-refractivity contribution in [2.75, 3.05) is 12.8 Å². The summed E-state index contributed by atoms with van der Waals surface area (Å²) in [7, 11) is 1.16. The molecular weight excluding hydrogens is 257 g/mol. The zero-order valence-electron chi connectivity index (χ0n) is 7.17. The average molecular weight is 264 g/mol. The Bertz CT molecular complexity index is 395. The molecule has 0 aliphatic carbocycles. The molecule has 1 aromatic rings. The van der Waals surface area contributed by atoms with Gasteiger partial charge in [-0.05, 0) is 22.0 Å². The van der Waals surface area contributed by atoms with Crippen LogP contribution in [0.5, 0.6) is 5.75 Å². The van der Waals surface area contributed by atoms with Gasteiger partial charge >= 0.3 is 5.97 Å². The number of hydrogen-bond donors (Lipinski definition) is 2. The minimum Gasteiger partial charge on any atom is -0.503 e. The molecule has 1 aromatic carbocycles. The van der Waals surface area contributed by atoms with E-state index in [1.54, 1.807) is 0 Å². The van der Waals surface area contributed by atoms with Crippen molar-refractivity contribution in [3.8, 4) is 5.75 Å². The highest BCUT2D eigenvalue weighted by Crippen LogP contribution is 2.33. The van der Waals surface area contributed by atoms with Gasteiger partial charge in [-0.1, -0.05) is 0 Å². The lowest BCUT2D eigenvalue weighted by Crippen LogP contribution is -2.05. The van der Waals surface area contributed by atoms with Gasteiger partial charge in [-0.3, -0.25) is 0 Å². The molecular formula is C8H7BrFNO3. The van der Waals surface area contributed by atoms with Crippen molar-refractivity contribution < 1.29 is 19.0 Å². The minimum atomic E-state index is -0.981. The van der Waals surface area contributed by atoms with E-state index < -0.39 is 17.5 Å². The Labute approximate surface area is 87.6 Å². The van der Waals surface area contributed by atoms with Crippen molar-refractivity contribution in [2.45, 2.75) is 0 Å². The summed E-state index contributed by atoms with van der Waals surface area (Å²) in [6.45, 7) is 0. The highest BCUT2D eigenvalue weighted by atomic mass is 79.9. The van der Waals surface area contributed by atoms with E-state index in [1.165, 1.54) is 0 Å². The first-order valence-electron chi connectivity index (χ1n) is 3.53. The van der Waals surface area contributed by atoms with E-state index in [4.69, 9.17) is 10.8 Å². The number of phenols is 1. The van der Waals surface area contributed by atoms with Crippen LogP contribution >= 0.6 is 15.9 Å². The fraction of sp³-hybridized carbons (Fsp3) is 0.125. The third-order valence-electron chi connectivity index (χ3n) is 1.62. The van der Waals surface area contributed by atoms with Gasteiger partial charge in [0, 0.05) is 0 Å². The molecule has 1 rings (SSSR count). The molecule has 0 aliphatic rings. The summed E-state index contributed by atoms with van der Waals surface area (Å²) in [5.74, 6) is -2.41. The van der Waals surface area contributed by atoms with Crippen LogP contribution < -0.4 is 5.73 Å². The SMILES string of the molecule is COC(=O)c1cc(N)c(O)c(F)c1Br. The number of methoxy groups -OCH3 is 1. The number of benzene rings is 1. The summed E-state index contributed by atoms with van der Waals surface area (Å²) < 4.78 is 17.4. The largest absolute Gasteiger partial charge is 0.503 e. The zero-order chi connectivity index (χ0) is 10.9. The van der Waals surface area contributed by atoms with Crippen LogP contribution in [-0.2, 0) is 4.74 Å². The molecule has 6 heteroatoms. The highest BCUT2D eigenvalue weighted by molar-refractivity contribution is 9.10. The summed E-state index contributed by atoms with van der Waals surface area (Å²) in [5.41, 5.74) is 4.98. The smallest absolute Gasteiger partial charge is 0.339 e. The molecule has 0 saturated heterocycles. The Morgan fingerprint density at radius 1 is 1.71 bits per heavy atom. The van der Waals surface area contributed by atoms with Crippen molar-refractivity contribution in [3.05, 3.63) is 21.9 Å². The number of phenolic OH excluding ortho intramolecular Hbond substituents is 1. The van der Waals surface area contributed by atoms with Crippen LogP contribution in [0, 0.1) is 5.82 Å². The van der Waals surface area contributed by atoms with Crippen molar-refractivity contribution in [1.82, 2.24) is 0 Å². The summed E-state index contributed by atoms with van der Waals surface area (Å²) in [6, 6.07) is 1.13. The zero-order valence-corrected chi connectivity index (χ0v) is 8.76. The maximum atomic E-state index is 13.2. The van der Waals surface area contributed by atoms with Crippen molar-refractivity contribution in [2.24, 2.45) is 0 Å². The van der Waals surface area contributed by atoms with Gasteiger partial charge in [0.2, 0.25) is 0 Å². The molecule has 0 saturated carbocycles. The van der Waals surface area contributed by atoms with E-state index in [0.29, 0.717) is 0 Å². The topological polar surface area (TPSA) is 72.5 Å². The number of nitrogen functional groups attached to an aromatic ring is 1. The van der Waals surface area contributed by atoms with Crippen molar-refractivity contribution in [3.63, 3.8) is 0 Å². The Morgan fingerprint density at radius 2 is 2.29 bits per heavy atom. The quantitative estimate of drug-likeness (QED) is 0.459. The summed E-state index contributed by atoms with van der Waals surface area (Å²) in [6.07, 6.45) is 0. The Kier molecular flexibility index (Phi) is 2.95. The van der Waals surface area contributed by atoms with Crippen LogP contribution in [0.4, 0.5) is 10.1 Å². The second-order valence-corrected chi connectivity index (χ2v) is 3.27. The highest BCUT2D eigenvalue weighted by Gasteiger charge is 2.19. The number of hydrogen-bond acceptors (Lipinski definition) is 4. The van der Waals surface area contributed by atoms with Crippen LogP contribution in [0.3, 0.4) is 0 Å². The molecule has 0 aromatic heterocycles. The third kappa shape index (κ3) is 1.65. The summed E-state index contributed by atoms with van der Waals surface area (Å²) >= 11 is 2.82. The van der Waals surface area contributed by atoms with Gasteiger partial charge in [-0.25, -0.2) is 9.18 Å². The number of esters is 1. The van der Waals surface area contributed by atoms with E-state index in [1.807, 2.05) is 0 Å². The average Bonchev–Trinajstić information content (AvgIpc) is 2.19. The molecule has 14 heavy (non-hydrogen) atoms. The Balaban J connectivity index is 3.40. The van der Waals surface area contributed by atoms with Crippen LogP contribution in [-0.4, -0.2) is 18.2 Å². The standard InChI is InChI=1S/C8H7BrFNO3/c1-14-8(13)3-2-4(11)7(12)6(10)5(3)9/h2,12H,11H2,1H3. The molecule has 0 atom stereocenters. The van der Waals surface area contributed by atoms with Gasteiger partial charge in [-0.15, -0.1) is 0 Å². The molecule has 0 amide bonds. The molecule has 0 aliphatic heterocycles. The van der Waals surface area contributed by atoms with Gasteiger partial charge in [0.1, 0.15) is 0 Å². The first-order chi connectivity index (χ1) is 6.49. The number of aromatic hydroxyl groups is 1. The van der Waals surface area contributed by atoms with Crippen LogP contribution in [0.25, 0.3) is 0 Å². The van der Waals surface area contributed by atoms with Gasteiger partial charge in [0.25, 0.3) is 0 Å². The van der Waals surface area contributed by atoms with E-state index in [-0.39, 0.29) is 15.7 Å². The number of carbonyl (C=O) groups excluding carboxylic acids is 1. The molecule has 4 nitrogen and oxygen atoms in total. The monoisotopic (exact) mass is 263 g/mol. The lowest BCUT2D eigenvalue weighted by molar-refractivity contribution is 0.0599.